The monoisotopic (exact) mass is 96.0 g/mol. The molecule has 0 aromatic heterocycles. The van der Waals surface area contributed by atoms with Gasteiger partial charge in [0.15, 0.2) is 0 Å². The van der Waals surface area contributed by atoms with Crippen LogP contribution in [0, 0.1) is 0 Å². The maximum absolute atomic E-state index is 2.14. The summed E-state index contributed by atoms with van der Waals surface area (Å²) in [5, 5.41) is 2.10. The maximum atomic E-state index is 2.14. The Morgan fingerprint density at radius 1 is 1.67 bits per heavy atom. The van der Waals surface area contributed by atoms with Crippen LogP contribution in [0.25, 0.3) is 0 Å². The molecule has 0 saturated heterocycles. The standard InChI is InChI=1S/C4H5BS/c1-3-6-4-2-5-1/h1-3H,4H2. The zero-order valence-corrected chi connectivity index (χ0v) is 4.24. The first-order valence-electron chi connectivity index (χ1n) is 1.93. The molecule has 1 aliphatic rings. The van der Waals surface area contributed by atoms with E-state index in [-0.39, 0.29) is 0 Å². The van der Waals surface area contributed by atoms with E-state index < -0.39 is 0 Å². The van der Waals surface area contributed by atoms with E-state index in [0.29, 0.717) is 0 Å². The average molecular weight is 96.0 g/mol. The molecule has 0 N–H and O–H groups in total. The summed E-state index contributed by atoms with van der Waals surface area (Å²) < 4.78 is 0. The minimum atomic E-state index is 1.15. The van der Waals surface area contributed by atoms with E-state index in [1.165, 1.54) is 0 Å². The Hall–Kier alpha value is 0.0249. The zero-order chi connectivity index (χ0) is 4.24. The number of rotatable bonds is 0. The SMILES string of the molecule is B1=CCSC=C1. The molecule has 0 spiro atoms. The van der Waals surface area contributed by atoms with Gasteiger partial charge in [0.05, 0.1) is 0 Å². The van der Waals surface area contributed by atoms with Crippen LogP contribution >= 0.6 is 11.8 Å². The zero-order valence-electron chi connectivity index (χ0n) is 3.42. The summed E-state index contributed by atoms with van der Waals surface area (Å²) >= 11 is 1.83. The molecule has 0 unspecified atom stereocenters. The second-order valence-corrected chi connectivity index (χ2v) is 2.03. The average Bonchev–Trinajstić information content (AvgIpc) is 1.72. The molecule has 0 radical (unpaired) electrons. The van der Waals surface area contributed by atoms with Crippen molar-refractivity contribution in [2.45, 2.75) is 0 Å². The van der Waals surface area contributed by atoms with Crippen molar-refractivity contribution in [2.75, 3.05) is 5.75 Å². The van der Waals surface area contributed by atoms with E-state index >= 15 is 0 Å². The van der Waals surface area contributed by atoms with Gasteiger partial charge in [0.2, 0.25) is 0 Å². The molecule has 6 heavy (non-hydrogen) atoms. The first kappa shape index (κ1) is 4.19. The Bertz CT molecular complexity index is 73.5. The molecule has 1 heterocycles. The summed E-state index contributed by atoms with van der Waals surface area (Å²) in [7, 11) is 0. The fourth-order valence-electron chi connectivity index (χ4n) is 0.346. The third kappa shape index (κ3) is 1.01. The normalized spacial score (nSPS) is 17.3. The van der Waals surface area contributed by atoms with Gasteiger partial charge in [-0.25, -0.2) is 0 Å². The number of hydrogen-bond donors (Lipinski definition) is 0. The number of thioether (sulfide) groups is 1. The van der Waals surface area contributed by atoms with Crippen LogP contribution in [-0.4, -0.2) is 18.6 Å². The molecular formula is C4H5BS. The Balaban J connectivity index is 2.46. The van der Waals surface area contributed by atoms with Crippen LogP contribution in [0.5, 0.6) is 0 Å². The number of hydrogen-bond acceptors (Lipinski definition) is 1. The van der Waals surface area contributed by atoms with Crippen LogP contribution in [0.3, 0.4) is 0 Å². The first-order chi connectivity index (χ1) is 3.00. The van der Waals surface area contributed by atoms with E-state index in [1.807, 2.05) is 17.7 Å². The van der Waals surface area contributed by atoms with Crippen molar-refractivity contribution in [1.82, 2.24) is 0 Å². The predicted molar refractivity (Wildman–Crippen MR) is 33.4 cm³/mol. The van der Waals surface area contributed by atoms with E-state index in [4.69, 9.17) is 0 Å². The molecule has 0 aromatic rings. The first-order valence-corrected chi connectivity index (χ1v) is 2.98. The van der Waals surface area contributed by atoms with Crippen LogP contribution in [0.15, 0.2) is 11.4 Å². The molecule has 1 aliphatic heterocycles. The Labute approximate surface area is 42.5 Å². The molecule has 30 valence electrons. The Kier molecular flexibility index (Phi) is 1.57. The van der Waals surface area contributed by atoms with Crippen LogP contribution in [0.4, 0.5) is 0 Å². The minimum absolute atomic E-state index is 1.15. The fraction of sp³-hybridized carbons (Fsp3) is 0.250. The van der Waals surface area contributed by atoms with Crippen molar-refractivity contribution in [3.63, 3.8) is 0 Å². The van der Waals surface area contributed by atoms with Gasteiger partial charge in [-0.2, -0.15) is 0 Å². The summed E-state index contributed by atoms with van der Waals surface area (Å²) in [6.07, 6.45) is 0. The van der Waals surface area contributed by atoms with Crippen molar-refractivity contribution in [3.05, 3.63) is 11.4 Å². The predicted octanol–water partition coefficient (Wildman–Crippen LogP) is 0.711. The molecule has 0 fully saturated rings. The van der Waals surface area contributed by atoms with Crippen LogP contribution < -0.4 is 0 Å². The van der Waals surface area contributed by atoms with E-state index in [2.05, 4.69) is 18.3 Å². The third-order valence-corrected chi connectivity index (χ3v) is 1.35. The van der Waals surface area contributed by atoms with Crippen LogP contribution in [0.2, 0.25) is 0 Å². The second-order valence-electron chi connectivity index (χ2n) is 1.09. The summed E-state index contributed by atoms with van der Waals surface area (Å²) in [6, 6.07) is 0. The van der Waals surface area contributed by atoms with Crippen LogP contribution in [-0.2, 0) is 0 Å². The van der Waals surface area contributed by atoms with E-state index in [0.717, 1.165) is 5.75 Å². The van der Waals surface area contributed by atoms with Crippen LogP contribution in [0.1, 0.15) is 0 Å². The molecule has 2 heteroatoms. The van der Waals surface area contributed by atoms with Gasteiger partial charge >= 0.3 is 41.8 Å². The van der Waals surface area contributed by atoms with Crippen molar-refractivity contribution >= 4 is 24.6 Å². The molecule has 1 rings (SSSR count). The summed E-state index contributed by atoms with van der Waals surface area (Å²) in [5.41, 5.74) is 0. The van der Waals surface area contributed by atoms with Gasteiger partial charge in [-0.15, -0.1) is 0 Å². The van der Waals surface area contributed by atoms with E-state index in [1.54, 1.807) is 0 Å². The second kappa shape index (κ2) is 2.24. The summed E-state index contributed by atoms with van der Waals surface area (Å²) in [6.45, 7) is 2.07. The van der Waals surface area contributed by atoms with Gasteiger partial charge < -0.3 is 0 Å². The molecule has 0 aromatic carbocycles. The molecule has 0 bridgehead atoms. The van der Waals surface area contributed by atoms with Gasteiger partial charge in [0.25, 0.3) is 0 Å². The molecule has 0 amide bonds. The van der Waals surface area contributed by atoms with Gasteiger partial charge in [-0.1, -0.05) is 0 Å². The summed E-state index contributed by atoms with van der Waals surface area (Å²) in [5.74, 6) is 5.34. The van der Waals surface area contributed by atoms with Crippen molar-refractivity contribution in [3.8, 4) is 0 Å². The van der Waals surface area contributed by atoms with Crippen molar-refractivity contribution in [1.29, 1.82) is 0 Å². The fourth-order valence-corrected chi connectivity index (χ4v) is 0.881. The van der Waals surface area contributed by atoms with E-state index in [9.17, 15) is 0 Å². The summed E-state index contributed by atoms with van der Waals surface area (Å²) in [4.78, 5) is 0. The molecule has 0 aliphatic carbocycles. The van der Waals surface area contributed by atoms with Gasteiger partial charge in [0, 0.05) is 0 Å². The molecule has 0 atom stereocenters. The van der Waals surface area contributed by atoms with Crippen molar-refractivity contribution < 1.29 is 0 Å². The Morgan fingerprint density at radius 2 is 2.67 bits per heavy atom. The molecular weight excluding hydrogens is 90.9 g/mol. The topological polar surface area (TPSA) is 0 Å². The van der Waals surface area contributed by atoms with Gasteiger partial charge in [-0.3, -0.25) is 0 Å². The van der Waals surface area contributed by atoms with Gasteiger partial charge in [0.1, 0.15) is 0 Å². The van der Waals surface area contributed by atoms with Crippen molar-refractivity contribution in [2.24, 2.45) is 0 Å². The third-order valence-electron chi connectivity index (χ3n) is 0.614. The Morgan fingerprint density at radius 3 is 2.83 bits per heavy atom. The molecule has 0 saturated carbocycles. The molecule has 0 nitrogen and oxygen atoms in total. The van der Waals surface area contributed by atoms with Gasteiger partial charge in [-0.05, 0) is 0 Å². The quantitative estimate of drug-likeness (QED) is 0.400.